The Balaban J connectivity index is 1.12. The van der Waals surface area contributed by atoms with Gasteiger partial charge in [-0.2, -0.15) is 4.98 Å². The molecule has 30 heavy (non-hydrogen) atoms. The summed E-state index contributed by atoms with van der Waals surface area (Å²) < 4.78 is 11.2. The van der Waals surface area contributed by atoms with Crippen molar-refractivity contribution in [2.45, 2.75) is 13.0 Å². The van der Waals surface area contributed by atoms with Gasteiger partial charge in [0.15, 0.2) is 0 Å². The summed E-state index contributed by atoms with van der Waals surface area (Å²) >= 11 is 0. The molecule has 2 aromatic carbocycles. The maximum absolute atomic E-state index is 6.08. The summed E-state index contributed by atoms with van der Waals surface area (Å²) in [5.41, 5.74) is 3.44. The molecule has 2 aliphatic heterocycles. The summed E-state index contributed by atoms with van der Waals surface area (Å²) in [4.78, 5) is 11.6. The number of rotatable bonds is 5. The van der Waals surface area contributed by atoms with Crippen molar-refractivity contribution in [3.05, 3.63) is 60.5 Å². The van der Waals surface area contributed by atoms with Gasteiger partial charge in [0.25, 0.3) is 0 Å². The molecular formula is C23H27N5O2. The summed E-state index contributed by atoms with van der Waals surface area (Å²) in [5, 5.41) is 3.98. The highest BCUT2D eigenvalue weighted by Gasteiger charge is 2.27. The Hall–Kier alpha value is -2.90. The van der Waals surface area contributed by atoms with Gasteiger partial charge in [0.2, 0.25) is 11.7 Å². The second-order valence-electron chi connectivity index (χ2n) is 7.95. The molecule has 7 heteroatoms. The van der Waals surface area contributed by atoms with E-state index in [-0.39, 0.29) is 6.10 Å². The second kappa shape index (κ2) is 8.45. The third kappa shape index (κ3) is 4.17. The van der Waals surface area contributed by atoms with Gasteiger partial charge in [0, 0.05) is 63.1 Å². The standard InChI is InChI=1S/C23H27N5O2/c1-18-24-23(25-30-18)19-7-9-21(10-8-19)28-16-22(29-17-28)15-26-11-13-27(14-12-26)20-5-3-2-4-6-20/h2-10,22H,11-17H2,1H3. The van der Waals surface area contributed by atoms with E-state index in [1.165, 1.54) is 5.69 Å². The average Bonchev–Trinajstić information content (AvgIpc) is 3.44. The average molecular weight is 406 g/mol. The molecule has 0 bridgehead atoms. The number of benzene rings is 2. The smallest absolute Gasteiger partial charge is 0.223 e. The molecule has 2 aliphatic rings. The highest BCUT2D eigenvalue weighted by atomic mass is 16.5. The predicted octanol–water partition coefficient (Wildman–Crippen LogP) is 3.03. The highest BCUT2D eigenvalue weighted by molar-refractivity contribution is 5.60. The van der Waals surface area contributed by atoms with Crippen LogP contribution in [0.3, 0.4) is 0 Å². The van der Waals surface area contributed by atoms with Crippen LogP contribution < -0.4 is 9.80 Å². The molecular weight excluding hydrogens is 378 g/mol. The molecule has 156 valence electrons. The normalized spacial score (nSPS) is 20.1. The van der Waals surface area contributed by atoms with Gasteiger partial charge in [-0.1, -0.05) is 23.4 Å². The first-order chi connectivity index (χ1) is 14.7. The Bertz CT molecular complexity index is 951. The van der Waals surface area contributed by atoms with E-state index in [4.69, 9.17) is 9.26 Å². The molecule has 0 amide bonds. The van der Waals surface area contributed by atoms with E-state index in [2.05, 4.69) is 67.3 Å². The number of piperazine rings is 1. The van der Waals surface area contributed by atoms with E-state index in [9.17, 15) is 0 Å². The van der Waals surface area contributed by atoms with Crippen LogP contribution in [0.4, 0.5) is 11.4 Å². The number of hydrogen-bond acceptors (Lipinski definition) is 7. The molecule has 5 rings (SSSR count). The largest absolute Gasteiger partial charge is 0.369 e. The molecule has 7 nitrogen and oxygen atoms in total. The monoisotopic (exact) mass is 405 g/mol. The van der Waals surface area contributed by atoms with Gasteiger partial charge < -0.3 is 19.1 Å². The number of anilines is 2. The Morgan fingerprint density at radius 2 is 1.63 bits per heavy atom. The molecule has 0 radical (unpaired) electrons. The number of aromatic nitrogens is 2. The zero-order chi connectivity index (χ0) is 20.3. The fourth-order valence-electron chi connectivity index (χ4n) is 4.19. The lowest BCUT2D eigenvalue weighted by Gasteiger charge is -2.36. The lowest BCUT2D eigenvalue weighted by molar-refractivity contribution is 0.0764. The molecule has 0 N–H and O–H groups in total. The topological polar surface area (TPSA) is 57.9 Å². The van der Waals surface area contributed by atoms with Gasteiger partial charge in [-0.25, -0.2) is 0 Å². The Morgan fingerprint density at radius 3 is 2.33 bits per heavy atom. The molecule has 1 unspecified atom stereocenters. The number of nitrogens with zero attached hydrogens (tertiary/aromatic N) is 5. The van der Waals surface area contributed by atoms with Crippen molar-refractivity contribution in [3.8, 4) is 11.4 Å². The number of aryl methyl sites for hydroxylation is 1. The Kier molecular flexibility index (Phi) is 5.38. The van der Waals surface area contributed by atoms with Gasteiger partial charge in [0.05, 0.1) is 6.10 Å². The molecule has 1 atom stereocenters. The van der Waals surface area contributed by atoms with Crippen LogP contribution in [0.25, 0.3) is 11.4 Å². The summed E-state index contributed by atoms with van der Waals surface area (Å²) in [6.45, 7) is 8.62. The molecule has 0 aliphatic carbocycles. The zero-order valence-electron chi connectivity index (χ0n) is 17.3. The molecule has 2 fully saturated rings. The van der Waals surface area contributed by atoms with Crippen LogP contribution in [-0.4, -0.2) is 67.1 Å². The maximum atomic E-state index is 6.08. The molecule has 0 spiro atoms. The van der Waals surface area contributed by atoms with Crippen LogP contribution in [0.5, 0.6) is 0 Å². The quantitative estimate of drug-likeness (QED) is 0.647. The number of para-hydroxylation sites is 1. The van der Waals surface area contributed by atoms with Crippen molar-refractivity contribution in [1.82, 2.24) is 15.0 Å². The molecule has 3 aromatic rings. The lowest BCUT2D eigenvalue weighted by Crippen LogP contribution is -2.49. The van der Waals surface area contributed by atoms with Crippen LogP contribution >= 0.6 is 0 Å². The van der Waals surface area contributed by atoms with Gasteiger partial charge in [-0.3, -0.25) is 4.90 Å². The lowest BCUT2D eigenvalue weighted by atomic mass is 10.2. The van der Waals surface area contributed by atoms with Crippen molar-refractivity contribution < 1.29 is 9.26 Å². The minimum absolute atomic E-state index is 0.243. The minimum Gasteiger partial charge on any atom is -0.369 e. The minimum atomic E-state index is 0.243. The van der Waals surface area contributed by atoms with Gasteiger partial charge in [-0.05, 0) is 36.4 Å². The van der Waals surface area contributed by atoms with Crippen LogP contribution in [-0.2, 0) is 4.74 Å². The molecule has 1 aromatic heterocycles. The van der Waals surface area contributed by atoms with E-state index in [0.29, 0.717) is 18.4 Å². The first-order valence-corrected chi connectivity index (χ1v) is 10.5. The van der Waals surface area contributed by atoms with Crippen LogP contribution in [0.1, 0.15) is 5.89 Å². The molecule has 2 saturated heterocycles. The van der Waals surface area contributed by atoms with Crippen LogP contribution in [0.15, 0.2) is 59.1 Å². The van der Waals surface area contributed by atoms with Crippen molar-refractivity contribution in [2.24, 2.45) is 0 Å². The summed E-state index contributed by atoms with van der Waals surface area (Å²) in [6.07, 6.45) is 0.243. The summed E-state index contributed by atoms with van der Waals surface area (Å²) in [5.74, 6) is 1.21. The van der Waals surface area contributed by atoms with E-state index in [1.807, 2.05) is 12.1 Å². The van der Waals surface area contributed by atoms with E-state index in [1.54, 1.807) is 6.92 Å². The molecule has 0 saturated carbocycles. The number of hydrogen-bond donors (Lipinski definition) is 0. The summed E-state index contributed by atoms with van der Waals surface area (Å²) in [6, 6.07) is 19.0. The van der Waals surface area contributed by atoms with E-state index >= 15 is 0 Å². The van der Waals surface area contributed by atoms with Crippen LogP contribution in [0, 0.1) is 6.92 Å². The third-order valence-electron chi connectivity index (χ3n) is 5.86. The Labute approximate surface area is 176 Å². The molecule has 3 heterocycles. The van der Waals surface area contributed by atoms with Crippen molar-refractivity contribution >= 4 is 11.4 Å². The van der Waals surface area contributed by atoms with Crippen molar-refractivity contribution in [3.63, 3.8) is 0 Å². The van der Waals surface area contributed by atoms with Gasteiger partial charge >= 0.3 is 0 Å². The van der Waals surface area contributed by atoms with Crippen molar-refractivity contribution in [2.75, 3.05) is 55.8 Å². The number of ether oxygens (including phenoxy) is 1. The fourth-order valence-corrected chi connectivity index (χ4v) is 4.19. The maximum Gasteiger partial charge on any atom is 0.223 e. The first kappa shape index (κ1) is 19.1. The zero-order valence-corrected chi connectivity index (χ0v) is 17.3. The van der Waals surface area contributed by atoms with Gasteiger partial charge in [-0.15, -0.1) is 0 Å². The van der Waals surface area contributed by atoms with E-state index < -0.39 is 0 Å². The first-order valence-electron chi connectivity index (χ1n) is 10.5. The summed E-state index contributed by atoms with van der Waals surface area (Å²) in [7, 11) is 0. The van der Waals surface area contributed by atoms with E-state index in [0.717, 1.165) is 50.5 Å². The Morgan fingerprint density at radius 1 is 0.900 bits per heavy atom. The second-order valence-corrected chi connectivity index (χ2v) is 7.95. The van der Waals surface area contributed by atoms with Gasteiger partial charge in [0.1, 0.15) is 6.73 Å². The predicted molar refractivity (Wildman–Crippen MR) is 117 cm³/mol. The SMILES string of the molecule is Cc1nc(-c2ccc(N3COC(CN4CCN(c5ccccc5)CC4)C3)cc2)no1. The van der Waals surface area contributed by atoms with Crippen LogP contribution in [0.2, 0.25) is 0 Å². The van der Waals surface area contributed by atoms with Crippen molar-refractivity contribution in [1.29, 1.82) is 0 Å². The highest BCUT2D eigenvalue weighted by Crippen LogP contribution is 2.24. The third-order valence-corrected chi connectivity index (χ3v) is 5.86. The fraction of sp³-hybridized carbons (Fsp3) is 0.391.